The van der Waals surface area contributed by atoms with Crippen molar-refractivity contribution in [1.82, 2.24) is 4.98 Å². The molecule has 50 valence electrons. The van der Waals surface area contributed by atoms with Crippen molar-refractivity contribution in [1.29, 1.82) is 0 Å². The number of carboxylic acids is 1. The largest absolute Gasteiger partial charge is 0.476 e. The number of halogens is 1. The van der Waals surface area contributed by atoms with Crippen LogP contribution < -0.4 is 0 Å². The fourth-order valence-corrected chi connectivity index (χ4v) is 0.802. The SMILES string of the molecule is Br.O=C(O)c1nccs1. The molecule has 0 saturated carbocycles. The quantitative estimate of drug-likeness (QED) is 0.762. The van der Waals surface area contributed by atoms with Gasteiger partial charge in [-0.05, 0) is 0 Å². The van der Waals surface area contributed by atoms with E-state index in [2.05, 4.69) is 4.98 Å². The van der Waals surface area contributed by atoms with E-state index in [0.717, 1.165) is 11.3 Å². The van der Waals surface area contributed by atoms with Crippen LogP contribution >= 0.6 is 28.3 Å². The van der Waals surface area contributed by atoms with Gasteiger partial charge >= 0.3 is 5.97 Å². The molecule has 9 heavy (non-hydrogen) atoms. The predicted molar refractivity (Wildman–Crippen MR) is 39.4 cm³/mol. The smallest absolute Gasteiger partial charge is 0.364 e. The topological polar surface area (TPSA) is 50.2 Å². The molecule has 0 aromatic carbocycles. The minimum absolute atomic E-state index is 0. The Morgan fingerprint density at radius 2 is 2.44 bits per heavy atom. The van der Waals surface area contributed by atoms with E-state index in [1.807, 2.05) is 0 Å². The maximum atomic E-state index is 10.0. The van der Waals surface area contributed by atoms with E-state index in [1.54, 1.807) is 5.38 Å². The van der Waals surface area contributed by atoms with Crippen LogP contribution in [-0.2, 0) is 0 Å². The molecule has 0 spiro atoms. The molecule has 0 unspecified atom stereocenters. The monoisotopic (exact) mass is 209 g/mol. The van der Waals surface area contributed by atoms with Crippen molar-refractivity contribution in [2.24, 2.45) is 0 Å². The number of carboxylic acid groups (broad SMARTS) is 1. The van der Waals surface area contributed by atoms with E-state index in [1.165, 1.54) is 6.20 Å². The predicted octanol–water partition coefficient (Wildman–Crippen LogP) is 1.42. The van der Waals surface area contributed by atoms with Crippen LogP contribution in [-0.4, -0.2) is 16.1 Å². The first kappa shape index (κ1) is 8.58. The van der Waals surface area contributed by atoms with Gasteiger partial charge in [0.2, 0.25) is 5.01 Å². The van der Waals surface area contributed by atoms with Gasteiger partial charge in [-0.1, -0.05) is 0 Å². The highest BCUT2D eigenvalue weighted by Gasteiger charge is 2.01. The summed E-state index contributed by atoms with van der Waals surface area (Å²) in [4.78, 5) is 13.5. The van der Waals surface area contributed by atoms with Gasteiger partial charge in [-0.3, -0.25) is 0 Å². The van der Waals surface area contributed by atoms with Crippen LogP contribution in [0.3, 0.4) is 0 Å². The number of aromatic carboxylic acids is 1. The molecule has 0 atom stereocenters. The first-order valence-corrected chi connectivity index (χ1v) is 2.81. The molecule has 0 fully saturated rings. The van der Waals surface area contributed by atoms with Crippen molar-refractivity contribution in [3.8, 4) is 0 Å². The van der Waals surface area contributed by atoms with Gasteiger partial charge in [0.25, 0.3) is 0 Å². The summed E-state index contributed by atoms with van der Waals surface area (Å²) in [7, 11) is 0. The third kappa shape index (κ3) is 2.11. The van der Waals surface area contributed by atoms with Crippen LogP contribution in [0.5, 0.6) is 0 Å². The number of rotatable bonds is 1. The van der Waals surface area contributed by atoms with E-state index < -0.39 is 5.97 Å². The fourth-order valence-electron chi connectivity index (χ4n) is 0.329. The Hall–Kier alpha value is -0.420. The van der Waals surface area contributed by atoms with Gasteiger partial charge in [0.15, 0.2) is 0 Å². The summed E-state index contributed by atoms with van der Waals surface area (Å²) in [5, 5.41) is 9.99. The Morgan fingerprint density at radius 1 is 1.78 bits per heavy atom. The lowest BCUT2D eigenvalue weighted by molar-refractivity contribution is 0.0696. The number of hydrogen-bond acceptors (Lipinski definition) is 3. The zero-order valence-electron chi connectivity index (χ0n) is 4.27. The molecule has 1 N–H and O–H groups in total. The van der Waals surface area contributed by atoms with Crippen molar-refractivity contribution < 1.29 is 9.90 Å². The van der Waals surface area contributed by atoms with Crippen molar-refractivity contribution in [3.05, 3.63) is 16.6 Å². The summed E-state index contributed by atoms with van der Waals surface area (Å²) in [5.41, 5.74) is 0. The van der Waals surface area contributed by atoms with Gasteiger partial charge < -0.3 is 5.11 Å². The number of thiazole rings is 1. The first-order valence-electron chi connectivity index (χ1n) is 1.93. The summed E-state index contributed by atoms with van der Waals surface area (Å²) in [6.45, 7) is 0. The van der Waals surface area contributed by atoms with E-state index in [4.69, 9.17) is 5.11 Å². The standard InChI is InChI=1S/C4H3NO2S.BrH/c6-4(7)3-5-1-2-8-3;/h1-2H,(H,6,7);1H. The second-order valence-corrected chi connectivity index (χ2v) is 2.04. The van der Waals surface area contributed by atoms with Crippen LogP contribution in [0, 0.1) is 0 Å². The Morgan fingerprint density at radius 3 is 2.67 bits per heavy atom. The lowest BCUT2D eigenvalue weighted by Crippen LogP contribution is -1.92. The molecular weight excluding hydrogens is 206 g/mol. The maximum Gasteiger partial charge on any atom is 0.364 e. The molecule has 0 radical (unpaired) electrons. The van der Waals surface area contributed by atoms with Gasteiger partial charge in [-0.2, -0.15) is 0 Å². The summed E-state index contributed by atoms with van der Waals surface area (Å²) in [5.74, 6) is -0.958. The molecule has 1 aromatic heterocycles. The lowest BCUT2D eigenvalue weighted by Gasteiger charge is -1.77. The van der Waals surface area contributed by atoms with Crippen molar-refractivity contribution in [2.75, 3.05) is 0 Å². The fraction of sp³-hybridized carbons (Fsp3) is 0. The molecule has 0 amide bonds. The zero-order valence-corrected chi connectivity index (χ0v) is 6.80. The highest BCUT2D eigenvalue weighted by Crippen LogP contribution is 2.01. The summed E-state index contributed by atoms with van der Waals surface area (Å²) < 4.78 is 0. The van der Waals surface area contributed by atoms with Crippen LogP contribution in [0.15, 0.2) is 11.6 Å². The van der Waals surface area contributed by atoms with Crippen LogP contribution in [0.1, 0.15) is 9.80 Å². The van der Waals surface area contributed by atoms with Gasteiger partial charge in [0, 0.05) is 11.6 Å². The van der Waals surface area contributed by atoms with E-state index in [0.29, 0.717) is 0 Å². The minimum Gasteiger partial charge on any atom is -0.476 e. The van der Waals surface area contributed by atoms with E-state index in [-0.39, 0.29) is 22.0 Å². The Balaban J connectivity index is 0.000000640. The Kier molecular flexibility index (Phi) is 3.41. The number of carbonyl (C=O) groups is 1. The van der Waals surface area contributed by atoms with E-state index in [9.17, 15) is 4.79 Å². The highest BCUT2D eigenvalue weighted by atomic mass is 79.9. The average molecular weight is 210 g/mol. The second kappa shape index (κ2) is 3.58. The zero-order chi connectivity index (χ0) is 5.98. The molecule has 1 heterocycles. The Bertz CT molecular complexity index is 186. The molecule has 5 heteroatoms. The molecular formula is C4H4BrNO2S. The lowest BCUT2D eigenvalue weighted by atomic mass is 10.7. The van der Waals surface area contributed by atoms with Crippen LogP contribution in [0.4, 0.5) is 0 Å². The molecule has 1 aromatic rings. The number of hydrogen-bond donors (Lipinski definition) is 1. The van der Waals surface area contributed by atoms with Gasteiger partial charge in [0.05, 0.1) is 0 Å². The van der Waals surface area contributed by atoms with Gasteiger partial charge in [-0.25, -0.2) is 9.78 Å². The molecule has 0 aliphatic rings. The van der Waals surface area contributed by atoms with Gasteiger partial charge in [-0.15, -0.1) is 28.3 Å². The third-order valence-electron chi connectivity index (χ3n) is 0.615. The molecule has 0 saturated heterocycles. The first-order chi connectivity index (χ1) is 3.80. The van der Waals surface area contributed by atoms with Crippen LogP contribution in [0.2, 0.25) is 0 Å². The van der Waals surface area contributed by atoms with E-state index >= 15 is 0 Å². The highest BCUT2D eigenvalue weighted by molar-refractivity contribution is 8.93. The van der Waals surface area contributed by atoms with Crippen molar-refractivity contribution in [2.45, 2.75) is 0 Å². The molecule has 0 bridgehead atoms. The van der Waals surface area contributed by atoms with Crippen LogP contribution in [0.25, 0.3) is 0 Å². The van der Waals surface area contributed by atoms with Crippen molar-refractivity contribution >= 4 is 34.3 Å². The molecule has 0 aliphatic heterocycles. The third-order valence-corrected chi connectivity index (χ3v) is 1.38. The number of aromatic nitrogens is 1. The normalized spacial score (nSPS) is 8.00. The average Bonchev–Trinajstić information content (AvgIpc) is 2.12. The van der Waals surface area contributed by atoms with Gasteiger partial charge in [0.1, 0.15) is 0 Å². The molecule has 1 rings (SSSR count). The van der Waals surface area contributed by atoms with Crippen molar-refractivity contribution in [3.63, 3.8) is 0 Å². The summed E-state index contributed by atoms with van der Waals surface area (Å²) in [6.07, 6.45) is 1.47. The Labute approximate surface area is 66.1 Å². The summed E-state index contributed by atoms with van der Waals surface area (Å²) >= 11 is 1.12. The molecule has 3 nitrogen and oxygen atoms in total. The number of nitrogens with zero attached hydrogens (tertiary/aromatic N) is 1. The second-order valence-electron chi connectivity index (χ2n) is 1.14. The maximum absolute atomic E-state index is 10.0. The molecule has 0 aliphatic carbocycles. The minimum atomic E-state index is -0.958. The summed E-state index contributed by atoms with van der Waals surface area (Å²) in [6, 6.07) is 0.